The maximum atomic E-state index is 13.5. The molecule has 0 unspecified atom stereocenters. The highest BCUT2D eigenvalue weighted by atomic mass is 16.5. The Morgan fingerprint density at radius 2 is 1.73 bits per heavy atom. The Bertz CT molecular complexity index is 1480. The van der Waals surface area contributed by atoms with Crippen molar-refractivity contribution >= 4 is 16.7 Å². The number of nitrogens with zero attached hydrogens (tertiary/aromatic N) is 4. The van der Waals surface area contributed by atoms with Crippen LogP contribution in [0.15, 0.2) is 53.3 Å². The van der Waals surface area contributed by atoms with Crippen LogP contribution >= 0.6 is 0 Å². The lowest BCUT2D eigenvalue weighted by Crippen LogP contribution is -2.20. The third-order valence-electron chi connectivity index (χ3n) is 5.52. The molecule has 150 valence electrons. The molecule has 0 spiro atoms. The van der Waals surface area contributed by atoms with E-state index in [1.165, 1.54) is 4.52 Å². The van der Waals surface area contributed by atoms with E-state index in [0.29, 0.717) is 34.0 Å². The van der Waals surface area contributed by atoms with Gasteiger partial charge in [-0.05, 0) is 31.5 Å². The highest BCUT2D eigenvalue weighted by Gasteiger charge is 2.22. The van der Waals surface area contributed by atoms with Crippen molar-refractivity contribution in [2.75, 3.05) is 7.11 Å². The number of nitrogens with one attached hydrogen (secondary N) is 1. The molecule has 1 N–H and O–H groups in total. The fourth-order valence-corrected chi connectivity index (χ4v) is 4.08. The van der Waals surface area contributed by atoms with Gasteiger partial charge in [-0.25, -0.2) is 14.5 Å². The summed E-state index contributed by atoms with van der Waals surface area (Å²) in [5.41, 5.74) is 5.96. The third-order valence-corrected chi connectivity index (χ3v) is 5.52. The lowest BCUT2D eigenvalue weighted by atomic mass is 10.1. The third kappa shape index (κ3) is 2.48. The molecule has 0 fully saturated rings. The van der Waals surface area contributed by atoms with Crippen molar-refractivity contribution in [1.29, 1.82) is 0 Å². The molecule has 0 aliphatic carbocycles. The highest BCUT2D eigenvalue weighted by molar-refractivity contribution is 5.86. The second-order valence-corrected chi connectivity index (χ2v) is 7.34. The molecule has 30 heavy (non-hydrogen) atoms. The Balaban J connectivity index is 1.82. The van der Waals surface area contributed by atoms with E-state index >= 15 is 0 Å². The lowest BCUT2D eigenvalue weighted by molar-refractivity contribution is 0.419. The van der Waals surface area contributed by atoms with Gasteiger partial charge < -0.3 is 9.30 Å². The molecular weight excluding hydrogens is 378 g/mol. The number of aromatic amines is 1. The minimum atomic E-state index is -0.180. The molecule has 5 rings (SSSR count). The molecule has 0 saturated heterocycles. The van der Waals surface area contributed by atoms with Crippen LogP contribution in [0.25, 0.3) is 39.2 Å². The Hall–Kier alpha value is -3.87. The number of rotatable bonds is 3. The molecule has 3 aromatic heterocycles. The highest BCUT2D eigenvalue weighted by Crippen LogP contribution is 2.31. The van der Waals surface area contributed by atoms with E-state index in [-0.39, 0.29) is 5.56 Å². The summed E-state index contributed by atoms with van der Waals surface area (Å²) < 4.78 is 8.87. The van der Waals surface area contributed by atoms with Crippen molar-refractivity contribution in [2.45, 2.75) is 13.8 Å². The number of hydrogen-bond acceptors (Lipinski definition) is 4. The van der Waals surface area contributed by atoms with Gasteiger partial charge in [-0.1, -0.05) is 36.4 Å². The van der Waals surface area contributed by atoms with E-state index in [9.17, 15) is 4.79 Å². The number of imidazole rings is 1. The minimum Gasteiger partial charge on any atom is -0.494 e. The van der Waals surface area contributed by atoms with E-state index in [2.05, 4.69) is 5.10 Å². The van der Waals surface area contributed by atoms with Crippen molar-refractivity contribution in [3.05, 3.63) is 70.3 Å². The fourth-order valence-electron chi connectivity index (χ4n) is 4.08. The molecule has 7 nitrogen and oxygen atoms in total. The zero-order valence-electron chi connectivity index (χ0n) is 17.2. The van der Waals surface area contributed by atoms with E-state index in [1.807, 2.05) is 74.0 Å². The fraction of sp³-hybridized carbons (Fsp3) is 0.174. The van der Waals surface area contributed by atoms with Crippen LogP contribution in [-0.4, -0.2) is 31.3 Å². The van der Waals surface area contributed by atoms with E-state index in [0.717, 1.165) is 22.3 Å². The Morgan fingerprint density at radius 3 is 2.47 bits per heavy atom. The van der Waals surface area contributed by atoms with Crippen molar-refractivity contribution in [2.24, 2.45) is 7.05 Å². The number of methoxy groups -OCH3 is 1. The molecule has 0 atom stereocenters. The standard InChI is InChI=1S/C23H21N5O2/c1-13-19(21-25-20-16(27(21)3)11-8-12-17(20)30-4)23(29)28-22(24-13)18(14(2)26-28)15-9-6-5-7-10-15/h5-12,26H,1-4H3. The monoisotopic (exact) mass is 399 g/mol. The molecule has 0 amide bonds. The summed E-state index contributed by atoms with van der Waals surface area (Å²) in [6, 6.07) is 15.7. The molecule has 3 heterocycles. The van der Waals surface area contributed by atoms with Gasteiger partial charge in [-0.15, -0.1) is 0 Å². The van der Waals surface area contributed by atoms with Crippen LogP contribution in [0.3, 0.4) is 0 Å². The first kappa shape index (κ1) is 18.2. The maximum Gasteiger partial charge on any atom is 0.284 e. The van der Waals surface area contributed by atoms with Gasteiger partial charge in [0.1, 0.15) is 22.7 Å². The van der Waals surface area contributed by atoms with Crippen LogP contribution < -0.4 is 10.3 Å². The van der Waals surface area contributed by atoms with Crippen LogP contribution in [0.5, 0.6) is 5.75 Å². The van der Waals surface area contributed by atoms with Crippen molar-refractivity contribution in [3.8, 4) is 28.3 Å². The molecule has 0 aliphatic rings. The SMILES string of the molecule is COc1cccc2c1nc(-c1c(C)nc3c(-c4ccccc4)c(C)[nH]n3c1=O)n2C. The second-order valence-electron chi connectivity index (χ2n) is 7.34. The predicted molar refractivity (Wildman–Crippen MR) is 117 cm³/mol. The molecule has 7 heteroatoms. The molecule has 0 saturated carbocycles. The van der Waals surface area contributed by atoms with Crippen LogP contribution in [0.1, 0.15) is 11.4 Å². The van der Waals surface area contributed by atoms with Crippen molar-refractivity contribution in [1.82, 2.24) is 24.1 Å². The maximum absolute atomic E-state index is 13.5. The number of aryl methyl sites for hydroxylation is 3. The molecule has 5 aromatic rings. The number of benzene rings is 2. The summed E-state index contributed by atoms with van der Waals surface area (Å²) in [6.07, 6.45) is 0. The summed E-state index contributed by atoms with van der Waals surface area (Å²) in [6.45, 7) is 3.80. The Kier molecular flexibility index (Phi) is 3.99. The molecule has 0 bridgehead atoms. The van der Waals surface area contributed by atoms with Crippen LogP contribution in [0, 0.1) is 13.8 Å². The summed E-state index contributed by atoms with van der Waals surface area (Å²) >= 11 is 0. The Morgan fingerprint density at radius 1 is 0.967 bits per heavy atom. The van der Waals surface area contributed by atoms with Crippen LogP contribution in [0.4, 0.5) is 0 Å². The quantitative estimate of drug-likeness (QED) is 0.500. The smallest absolute Gasteiger partial charge is 0.284 e. The van der Waals surface area contributed by atoms with Gasteiger partial charge in [-0.3, -0.25) is 9.89 Å². The normalized spacial score (nSPS) is 11.5. The van der Waals surface area contributed by atoms with Crippen LogP contribution in [0.2, 0.25) is 0 Å². The molecule has 0 radical (unpaired) electrons. The molecular formula is C23H21N5O2. The summed E-state index contributed by atoms with van der Waals surface area (Å²) in [5.74, 6) is 1.23. The zero-order chi connectivity index (χ0) is 21.0. The first-order valence-corrected chi connectivity index (χ1v) is 9.68. The average molecular weight is 399 g/mol. The first-order valence-electron chi connectivity index (χ1n) is 9.68. The van der Waals surface area contributed by atoms with Gasteiger partial charge in [0.15, 0.2) is 5.65 Å². The van der Waals surface area contributed by atoms with Gasteiger partial charge in [0, 0.05) is 18.3 Å². The second kappa shape index (κ2) is 6.59. The average Bonchev–Trinajstić information content (AvgIpc) is 3.26. The largest absolute Gasteiger partial charge is 0.494 e. The number of para-hydroxylation sites is 1. The van der Waals surface area contributed by atoms with Gasteiger partial charge in [0.25, 0.3) is 5.56 Å². The van der Waals surface area contributed by atoms with Crippen molar-refractivity contribution in [3.63, 3.8) is 0 Å². The van der Waals surface area contributed by atoms with E-state index in [4.69, 9.17) is 14.7 Å². The van der Waals surface area contributed by atoms with Crippen LogP contribution in [-0.2, 0) is 7.05 Å². The topological polar surface area (TPSA) is 77.2 Å². The lowest BCUT2D eigenvalue weighted by Gasteiger charge is -2.07. The van der Waals surface area contributed by atoms with Gasteiger partial charge in [0.05, 0.1) is 18.3 Å². The summed E-state index contributed by atoms with van der Waals surface area (Å²) in [5, 5.41) is 3.19. The zero-order valence-corrected chi connectivity index (χ0v) is 17.2. The summed E-state index contributed by atoms with van der Waals surface area (Å²) in [4.78, 5) is 23.1. The molecule has 0 aliphatic heterocycles. The number of hydrogen-bond donors (Lipinski definition) is 1. The van der Waals surface area contributed by atoms with E-state index in [1.54, 1.807) is 7.11 Å². The number of aromatic nitrogens is 5. The Labute approximate surface area is 172 Å². The number of fused-ring (bicyclic) bond motifs is 2. The predicted octanol–water partition coefficient (Wildman–Crippen LogP) is 3.87. The first-order chi connectivity index (χ1) is 14.5. The minimum absolute atomic E-state index is 0.180. The number of ether oxygens (including phenoxy) is 1. The summed E-state index contributed by atoms with van der Waals surface area (Å²) in [7, 11) is 3.51. The van der Waals surface area contributed by atoms with Crippen molar-refractivity contribution < 1.29 is 4.74 Å². The van der Waals surface area contributed by atoms with Gasteiger partial charge in [-0.2, -0.15) is 0 Å². The molecule has 2 aromatic carbocycles. The van der Waals surface area contributed by atoms with E-state index < -0.39 is 0 Å². The van der Waals surface area contributed by atoms with Gasteiger partial charge >= 0.3 is 0 Å². The van der Waals surface area contributed by atoms with Gasteiger partial charge in [0.2, 0.25) is 0 Å². The number of H-pyrrole nitrogens is 1.